The number of aromatic nitrogens is 4. The third-order valence-electron chi connectivity index (χ3n) is 3.20. The van der Waals surface area contributed by atoms with E-state index in [1.54, 1.807) is 10.9 Å². The summed E-state index contributed by atoms with van der Waals surface area (Å²) in [6.07, 6.45) is 3.57. The highest BCUT2D eigenvalue weighted by atomic mass is 32.2. The fraction of sp³-hybridized carbons (Fsp3) is 0.462. The number of nitrogens with zero attached hydrogens (tertiary/aromatic N) is 5. The molecule has 7 heteroatoms. The van der Waals surface area contributed by atoms with Crippen molar-refractivity contribution in [2.24, 2.45) is 0 Å². The highest BCUT2D eigenvalue weighted by Crippen LogP contribution is 2.28. The molecule has 1 aliphatic heterocycles. The van der Waals surface area contributed by atoms with Crippen LogP contribution in [-0.4, -0.2) is 43.3 Å². The van der Waals surface area contributed by atoms with Crippen LogP contribution in [0.5, 0.6) is 0 Å². The first-order valence-electron chi connectivity index (χ1n) is 6.67. The monoisotopic (exact) mass is 290 g/mol. The second-order valence-corrected chi connectivity index (χ2v) is 6.94. The molecule has 3 rings (SSSR count). The van der Waals surface area contributed by atoms with Gasteiger partial charge in [-0.05, 0) is 6.07 Å². The predicted molar refractivity (Wildman–Crippen MR) is 82.3 cm³/mol. The van der Waals surface area contributed by atoms with E-state index >= 15 is 0 Å². The first-order valence-corrected chi connectivity index (χ1v) is 7.61. The lowest BCUT2D eigenvalue weighted by molar-refractivity contribution is 0.715. The normalized spacial score (nSPS) is 23.0. The molecule has 2 atom stereocenters. The van der Waals surface area contributed by atoms with Crippen molar-refractivity contribution in [1.82, 2.24) is 19.7 Å². The van der Waals surface area contributed by atoms with Crippen LogP contribution >= 0.6 is 11.8 Å². The van der Waals surface area contributed by atoms with Gasteiger partial charge in [-0.25, -0.2) is 4.68 Å². The Morgan fingerprint density at radius 2 is 1.90 bits per heavy atom. The Kier molecular flexibility index (Phi) is 3.52. The molecule has 2 aromatic heterocycles. The lowest BCUT2D eigenvalue weighted by Gasteiger charge is -2.35. The fourth-order valence-corrected chi connectivity index (χ4v) is 3.81. The molecule has 6 nitrogen and oxygen atoms in total. The topological polar surface area (TPSA) is 72.9 Å². The molecule has 0 radical (unpaired) electrons. The Morgan fingerprint density at radius 1 is 1.20 bits per heavy atom. The minimum absolute atomic E-state index is 0.284. The zero-order valence-electron chi connectivity index (χ0n) is 11.6. The first-order chi connectivity index (χ1) is 9.61. The Bertz CT molecular complexity index is 575. The number of anilines is 2. The maximum atomic E-state index is 5.85. The second-order valence-electron chi connectivity index (χ2n) is 5.06. The Morgan fingerprint density at radius 3 is 2.55 bits per heavy atom. The largest absolute Gasteiger partial charge is 0.368 e. The zero-order chi connectivity index (χ0) is 14.1. The quantitative estimate of drug-likeness (QED) is 0.905. The number of rotatable bonds is 2. The van der Waals surface area contributed by atoms with E-state index < -0.39 is 0 Å². The minimum atomic E-state index is 0.284. The van der Waals surface area contributed by atoms with Crippen molar-refractivity contribution < 1.29 is 0 Å². The van der Waals surface area contributed by atoms with Crippen molar-refractivity contribution in [3.05, 3.63) is 24.5 Å². The molecule has 2 N–H and O–H groups in total. The van der Waals surface area contributed by atoms with Crippen LogP contribution < -0.4 is 10.6 Å². The van der Waals surface area contributed by atoms with Crippen molar-refractivity contribution in [2.75, 3.05) is 23.7 Å². The number of thioether (sulfide) groups is 1. The summed E-state index contributed by atoms with van der Waals surface area (Å²) in [5.74, 6) is 1.87. The highest BCUT2D eigenvalue weighted by molar-refractivity contribution is 8.00. The summed E-state index contributed by atoms with van der Waals surface area (Å²) in [5, 5.41) is 5.36. The first kappa shape index (κ1) is 13.2. The van der Waals surface area contributed by atoms with Crippen LogP contribution in [0.15, 0.2) is 24.5 Å². The molecule has 2 aromatic rings. The smallest absolute Gasteiger partial charge is 0.224 e. The lowest BCUT2D eigenvalue weighted by atomic mass is 10.3. The van der Waals surface area contributed by atoms with Gasteiger partial charge in [0.2, 0.25) is 5.95 Å². The van der Waals surface area contributed by atoms with E-state index in [2.05, 4.69) is 33.8 Å². The lowest BCUT2D eigenvalue weighted by Crippen LogP contribution is -2.41. The Balaban J connectivity index is 1.93. The molecule has 0 aliphatic carbocycles. The molecule has 0 aromatic carbocycles. The second kappa shape index (κ2) is 5.32. The summed E-state index contributed by atoms with van der Waals surface area (Å²) in [4.78, 5) is 10.9. The minimum Gasteiger partial charge on any atom is -0.368 e. The SMILES string of the molecule is CC1CN(c2cc(-n3cccn3)nc(N)n2)CC(C)S1. The molecular formula is C13H18N6S. The third-order valence-corrected chi connectivity index (χ3v) is 4.43. The van der Waals surface area contributed by atoms with E-state index in [1.165, 1.54) is 0 Å². The van der Waals surface area contributed by atoms with Crippen molar-refractivity contribution in [2.45, 2.75) is 24.3 Å². The third kappa shape index (κ3) is 2.72. The van der Waals surface area contributed by atoms with E-state index in [4.69, 9.17) is 5.73 Å². The summed E-state index contributed by atoms with van der Waals surface area (Å²) in [7, 11) is 0. The van der Waals surface area contributed by atoms with E-state index in [1.807, 2.05) is 30.1 Å². The standard InChI is InChI=1S/C13H18N6S/c1-9-7-18(8-10(2)20-9)11-6-12(17-13(14)16-11)19-5-3-4-15-19/h3-6,9-10H,7-8H2,1-2H3,(H2,14,16,17). The molecule has 0 bridgehead atoms. The van der Waals surface area contributed by atoms with E-state index in [0.717, 1.165) is 18.9 Å². The molecule has 1 aliphatic rings. The van der Waals surface area contributed by atoms with Gasteiger partial charge >= 0.3 is 0 Å². The molecule has 0 amide bonds. The van der Waals surface area contributed by atoms with Crippen molar-refractivity contribution in [3.8, 4) is 5.82 Å². The van der Waals surface area contributed by atoms with Gasteiger partial charge in [0, 0.05) is 42.0 Å². The highest BCUT2D eigenvalue weighted by Gasteiger charge is 2.24. The predicted octanol–water partition coefficient (Wildman–Crippen LogP) is 1.57. The summed E-state index contributed by atoms with van der Waals surface area (Å²) in [6, 6.07) is 3.80. The number of nitrogens with two attached hydrogens (primary N) is 1. The van der Waals surface area contributed by atoms with Crippen LogP contribution in [-0.2, 0) is 0 Å². The van der Waals surface area contributed by atoms with Gasteiger partial charge < -0.3 is 10.6 Å². The van der Waals surface area contributed by atoms with Crippen LogP contribution in [0.25, 0.3) is 5.82 Å². The van der Waals surface area contributed by atoms with Crippen molar-refractivity contribution in [1.29, 1.82) is 0 Å². The van der Waals surface area contributed by atoms with Gasteiger partial charge in [-0.1, -0.05) is 13.8 Å². The van der Waals surface area contributed by atoms with Gasteiger partial charge in [-0.3, -0.25) is 0 Å². The van der Waals surface area contributed by atoms with Crippen LogP contribution in [0.1, 0.15) is 13.8 Å². The van der Waals surface area contributed by atoms with Gasteiger partial charge in [-0.2, -0.15) is 26.8 Å². The van der Waals surface area contributed by atoms with Gasteiger partial charge in [0.25, 0.3) is 0 Å². The maximum absolute atomic E-state index is 5.85. The van der Waals surface area contributed by atoms with E-state index in [9.17, 15) is 0 Å². The molecule has 2 unspecified atom stereocenters. The molecule has 3 heterocycles. The van der Waals surface area contributed by atoms with Crippen LogP contribution in [0.2, 0.25) is 0 Å². The van der Waals surface area contributed by atoms with Crippen LogP contribution in [0.3, 0.4) is 0 Å². The summed E-state index contributed by atoms with van der Waals surface area (Å²) < 4.78 is 1.70. The van der Waals surface area contributed by atoms with E-state index in [0.29, 0.717) is 16.3 Å². The maximum Gasteiger partial charge on any atom is 0.224 e. The average molecular weight is 290 g/mol. The molecule has 1 fully saturated rings. The van der Waals surface area contributed by atoms with Gasteiger partial charge in [0.15, 0.2) is 5.82 Å². The molecule has 106 valence electrons. The van der Waals surface area contributed by atoms with Crippen molar-refractivity contribution in [3.63, 3.8) is 0 Å². The summed E-state index contributed by atoms with van der Waals surface area (Å²) >= 11 is 2.01. The summed E-state index contributed by atoms with van der Waals surface area (Å²) in [6.45, 7) is 6.44. The Hall–Kier alpha value is -1.76. The molecule has 20 heavy (non-hydrogen) atoms. The molecule has 0 saturated carbocycles. The Labute approximate surface area is 122 Å². The molecule has 0 spiro atoms. The number of hydrogen-bond donors (Lipinski definition) is 1. The average Bonchev–Trinajstić information content (AvgIpc) is 2.90. The number of hydrogen-bond acceptors (Lipinski definition) is 6. The van der Waals surface area contributed by atoms with Crippen LogP contribution in [0, 0.1) is 0 Å². The number of nitrogen functional groups attached to an aromatic ring is 1. The van der Waals surface area contributed by atoms with Gasteiger partial charge in [0.05, 0.1) is 0 Å². The van der Waals surface area contributed by atoms with Gasteiger partial charge in [0.1, 0.15) is 5.82 Å². The van der Waals surface area contributed by atoms with Crippen LogP contribution in [0.4, 0.5) is 11.8 Å². The molecular weight excluding hydrogens is 272 g/mol. The summed E-state index contributed by atoms with van der Waals surface area (Å²) in [5.41, 5.74) is 5.85. The van der Waals surface area contributed by atoms with Gasteiger partial charge in [-0.15, -0.1) is 0 Å². The molecule has 1 saturated heterocycles. The van der Waals surface area contributed by atoms with E-state index in [-0.39, 0.29) is 5.95 Å². The fourth-order valence-electron chi connectivity index (χ4n) is 2.49. The zero-order valence-corrected chi connectivity index (χ0v) is 12.4. The van der Waals surface area contributed by atoms with Crippen molar-refractivity contribution >= 4 is 23.5 Å².